The van der Waals surface area contributed by atoms with Gasteiger partial charge in [0.2, 0.25) is 0 Å². The molecule has 20 heavy (non-hydrogen) atoms. The van der Waals surface area contributed by atoms with Gasteiger partial charge in [-0.3, -0.25) is 4.79 Å². The van der Waals surface area contributed by atoms with Crippen LogP contribution in [0.3, 0.4) is 0 Å². The summed E-state index contributed by atoms with van der Waals surface area (Å²) in [6.45, 7) is 0. The van der Waals surface area contributed by atoms with Gasteiger partial charge in [-0.1, -0.05) is 12.1 Å². The van der Waals surface area contributed by atoms with E-state index in [2.05, 4.69) is 10.3 Å². The molecule has 0 saturated carbocycles. The van der Waals surface area contributed by atoms with Gasteiger partial charge in [0, 0.05) is 20.3 Å². The molecule has 1 aromatic heterocycles. The van der Waals surface area contributed by atoms with Crippen molar-refractivity contribution in [3.8, 4) is 5.75 Å². The zero-order valence-electron chi connectivity index (χ0n) is 11.8. The molecular formula is C15H17N3O2. The summed E-state index contributed by atoms with van der Waals surface area (Å²) in [5, 5.41) is 2.84. The number of nitrogens with zero attached hydrogens (tertiary/aromatic N) is 2. The number of anilines is 2. The first kappa shape index (κ1) is 13.9. The second-order valence-corrected chi connectivity index (χ2v) is 4.42. The smallest absolute Gasteiger partial charge is 0.259 e. The number of methoxy groups -OCH3 is 1. The number of amides is 1. The summed E-state index contributed by atoms with van der Waals surface area (Å²) >= 11 is 0. The second-order valence-electron chi connectivity index (χ2n) is 4.42. The van der Waals surface area contributed by atoms with E-state index in [0.29, 0.717) is 22.8 Å². The van der Waals surface area contributed by atoms with Crippen LogP contribution < -0.4 is 15.0 Å². The molecule has 2 rings (SSSR count). The highest BCUT2D eigenvalue weighted by molar-refractivity contribution is 6.08. The maximum Gasteiger partial charge on any atom is 0.259 e. The third kappa shape index (κ3) is 2.88. The Morgan fingerprint density at radius 3 is 2.65 bits per heavy atom. The van der Waals surface area contributed by atoms with Crippen molar-refractivity contribution in [1.82, 2.24) is 4.98 Å². The fourth-order valence-electron chi connectivity index (χ4n) is 1.87. The van der Waals surface area contributed by atoms with Gasteiger partial charge in [0.15, 0.2) is 0 Å². The van der Waals surface area contributed by atoms with Crippen molar-refractivity contribution in [1.29, 1.82) is 0 Å². The summed E-state index contributed by atoms with van der Waals surface area (Å²) in [7, 11) is 5.27. The molecule has 1 amide bonds. The zero-order chi connectivity index (χ0) is 14.5. The van der Waals surface area contributed by atoms with Crippen LogP contribution in [0.2, 0.25) is 0 Å². The van der Waals surface area contributed by atoms with Crippen LogP contribution in [0.25, 0.3) is 0 Å². The first-order valence-corrected chi connectivity index (χ1v) is 6.20. The van der Waals surface area contributed by atoms with Crippen LogP contribution in [-0.2, 0) is 0 Å². The van der Waals surface area contributed by atoms with Gasteiger partial charge in [-0.2, -0.15) is 0 Å². The zero-order valence-corrected chi connectivity index (χ0v) is 11.8. The maximum absolute atomic E-state index is 12.4. The molecule has 0 spiro atoms. The number of rotatable bonds is 4. The monoisotopic (exact) mass is 271 g/mol. The van der Waals surface area contributed by atoms with Gasteiger partial charge in [-0.15, -0.1) is 0 Å². The minimum Gasteiger partial charge on any atom is -0.495 e. The number of aromatic nitrogens is 1. The molecule has 0 aliphatic carbocycles. The predicted octanol–water partition coefficient (Wildman–Crippen LogP) is 2.41. The minimum absolute atomic E-state index is 0.216. The second kappa shape index (κ2) is 6.06. The first-order chi connectivity index (χ1) is 9.63. The van der Waals surface area contributed by atoms with Gasteiger partial charge in [0.1, 0.15) is 11.6 Å². The molecule has 1 heterocycles. The lowest BCUT2D eigenvalue weighted by atomic mass is 10.2. The Balaban J connectivity index is 2.29. The highest BCUT2D eigenvalue weighted by Crippen LogP contribution is 2.24. The van der Waals surface area contributed by atoms with E-state index in [0.717, 1.165) is 0 Å². The molecule has 0 saturated heterocycles. The van der Waals surface area contributed by atoms with Crippen molar-refractivity contribution in [3.63, 3.8) is 0 Å². The van der Waals surface area contributed by atoms with Gasteiger partial charge in [0.05, 0.1) is 18.4 Å². The van der Waals surface area contributed by atoms with Gasteiger partial charge < -0.3 is 15.0 Å². The fraction of sp³-hybridized carbons (Fsp3) is 0.200. The first-order valence-electron chi connectivity index (χ1n) is 6.20. The number of benzene rings is 1. The number of ether oxygens (including phenoxy) is 1. The fourth-order valence-corrected chi connectivity index (χ4v) is 1.87. The van der Waals surface area contributed by atoms with E-state index in [-0.39, 0.29) is 5.91 Å². The lowest BCUT2D eigenvalue weighted by Gasteiger charge is -2.16. The largest absolute Gasteiger partial charge is 0.495 e. The van der Waals surface area contributed by atoms with Crippen LogP contribution in [0.4, 0.5) is 11.5 Å². The Morgan fingerprint density at radius 2 is 1.95 bits per heavy atom. The van der Waals surface area contributed by atoms with E-state index in [1.165, 1.54) is 0 Å². The summed E-state index contributed by atoms with van der Waals surface area (Å²) in [6.07, 6.45) is 1.66. The summed E-state index contributed by atoms with van der Waals surface area (Å²) in [4.78, 5) is 18.4. The van der Waals surface area contributed by atoms with E-state index < -0.39 is 0 Å². The van der Waals surface area contributed by atoms with Gasteiger partial charge >= 0.3 is 0 Å². The Hall–Kier alpha value is -2.56. The molecule has 2 aromatic rings. The van der Waals surface area contributed by atoms with Crippen molar-refractivity contribution >= 4 is 17.4 Å². The Kier molecular flexibility index (Phi) is 4.20. The van der Waals surface area contributed by atoms with Crippen LogP contribution in [0.15, 0.2) is 42.6 Å². The van der Waals surface area contributed by atoms with Crippen LogP contribution >= 0.6 is 0 Å². The summed E-state index contributed by atoms with van der Waals surface area (Å²) in [5.41, 5.74) is 1.15. The molecule has 0 fully saturated rings. The number of hydrogen-bond donors (Lipinski definition) is 1. The Bertz CT molecular complexity index is 612. The Labute approximate surface area is 118 Å². The SMILES string of the molecule is COc1ccccc1NC(=O)c1cccnc1N(C)C. The lowest BCUT2D eigenvalue weighted by Crippen LogP contribution is -2.19. The molecule has 0 bridgehead atoms. The minimum atomic E-state index is -0.216. The van der Waals surface area contributed by atoms with E-state index in [9.17, 15) is 4.79 Å². The standard InChI is InChI=1S/C15H17N3O2/c1-18(2)14-11(7-6-10-16-14)15(19)17-12-8-4-5-9-13(12)20-3/h4-10H,1-3H3,(H,17,19). The Morgan fingerprint density at radius 1 is 1.20 bits per heavy atom. The summed E-state index contributed by atoms with van der Waals surface area (Å²) < 4.78 is 5.22. The van der Waals surface area contributed by atoms with Crippen molar-refractivity contribution in [2.75, 3.05) is 31.4 Å². The molecule has 0 radical (unpaired) electrons. The normalized spacial score (nSPS) is 9.95. The third-order valence-electron chi connectivity index (χ3n) is 2.81. The highest BCUT2D eigenvalue weighted by Gasteiger charge is 2.15. The molecule has 0 aliphatic heterocycles. The number of pyridine rings is 1. The van der Waals surface area contributed by atoms with E-state index in [4.69, 9.17) is 4.74 Å². The number of carbonyl (C=O) groups excluding carboxylic acids is 1. The lowest BCUT2D eigenvalue weighted by molar-refractivity contribution is 0.102. The van der Waals surface area contributed by atoms with Crippen LogP contribution in [-0.4, -0.2) is 32.1 Å². The molecule has 0 atom stereocenters. The highest BCUT2D eigenvalue weighted by atomic mass is 16.5. The van der Waals surface area contributed by atoms with Crippen LogP contribution in [0.5, 0.6) is 5.75 Å². The number of nitrogens with one attached hydrogen (secondary N) is 1. The maximum atomic E-state index is 12.4. The van der Waals surface area contributed by atoms with Gasteiger partial charge in [-0.05, 0) is 24.3 Å². The van der Waals surface area contributed by atoms with Gasteiger partial charge in [-0.25, -0.2) is 4.98 Å². The van der Waals surface area contributed by atoms with Crippen molar-refractivity contribution in [2.24, 2.45) is 0 Å². The predicted molar refractivity (Wildman–Crippen MR) is 79.5 cm³/mol. The van der Waals surface area contributed by atoms with Crippen molar-refractivity contribution in [3.05, 3.63) is 48.2 Å². The van der Waals surface area contributed by atoms with E-state index in [1.54, 1.807) is 42.5 Å². The molecule has 0 aliphatic rings. The van der Waals surface area contributed by atoms with E-state index in [1.807, 2.05) is 26.2 Å². The average molecular weight is 271 g/mol. The number of hydrogen-bond acceptors (Lipinski definition) is 4. The molecular weight excluding hydrogens is 254 g/mol. The van der Waals surface area contributed by atoms with E-state index >= 15 is 0 Å². The quantitative estimate of drug-likeness (QED) is 0.927. The van der Waals surface area contributed by atoms with Crippen LogP contribution in [0.1, 0.15) is 10.4 Å². The molecule has 5 heteroatoms. The van der Waals surface area contributed by atoms with Crippen LogP contribution in [0, 0.1) is 0 Å². The molecule has 0 unspecified atom stereocenters. The van der Waals surface area contributed by atoms with Crippen molar-refractivity contribution in [2.45, 2.75) is 0 Å². The topological polar surface area (TPSA) is 54.5 Å². The molecule has 1 N–H and O–H groups in total. The average Bonchev–Trinajstić information content (AvgIpc) is 2.47. The molecule has 104 valence electrons. The number of para-hydroxylation sites is 2. The third-order valence-corrected chi connectivity index (χ3v) is 2.81. The molecule has 1 aromatic carbocycles. The van der Waals surface area contributed by atoms with Gasteiger partial charge in [0.25, 0.3) is 5.91 Å². The van der Waals surface area contributed by atoms with Crippen molar-refractivity contribution < 1.29 is 9.53 Å². The molecule has 5 nitrogen and oxygen atoms in total. The number of carbonyl (C=O) groups is 1. The summed E-state index contributed by atoms with van der Waals surface area (Å²) in [5.74, 6) is 1.03. The summed E-state index contributed by atoms with van der Waals surface area (Å²) in [6, 6.07) is 10.8.